The second kappa shape index (κ2) is 31.7. The fourth-order valence-electron chi connectivity index (χ4n) is 0.447. The Kier molecular flexibility index (Phi) is 61.7. The summed E-state index contributed by atoms with van der Waals surface area (Å²) in [6.45, 7) is 3.89. The van der Waals surface area contributed by atoms with Crippen LogP contribution in [0.4, 0.5) is 0 Å². The largest absolute Gasteiger partial charge is 1.00 e. The third kappa shape index (κ3) is 32.7. The van der Waals surface area contributed by atoms with Gasteiger partial charge < -0.3 is 27.8 Å². The molecule has 6 nitrogen and oxygen atoms in total. The number of hydrogen-bond donors (Lipinski definition) is 3. The predicted molar refractivity (Wildman–Crippen MR) is 68.4 cm³/mol. The zero-order valence-electron chi connectivity index (χ0n) is 14.2. The molecule has 0 amide bonds. The van der Waals surface area contributed by atoms with Gasteiger partial charge in [0.2, 0.25) is 0 Å². The van der Waals surface area contributed by atoms with Crippen LogP contribution in [0.3, 0.4) is 0 Å². The number of aliphatic hydroxyl groups excluding tert-OH is 1. The van der Waals surface area contributed by atoms with Crippen molar-refractivity contribution in [3.63, 3.8) is 0 Å². The first-order chi connectivity index (χ1) is 7.53. The minimum atomic E-state index is -0.444. The van der Waals surface area contributed by atoms with Crippen molar-refractivity contribution < 1.29 is 80.3 Å². The molecule has 2 unspecified atom stereocenters. The van der Waals surface area contributed by atoms with Crippen LogP contribution in [0.15, 0.2) is 0 Å². The number of carbonyl (C=O) groups is 1. The Balaban J connectivity index is -0.0000000259. The van der Waals surface area contributed by atoms with Gasteiger partial charge in [-0.05, 0) is 12.8 Å². The smallest absolute Gasteiger partial charge is 1.00 e. The van der Waals surface area contributed by atoms with Gasteiger partial charge in [0.25, 0.3) is 0 Å². The summed E-state index contributed by atoms with van der Waals surface area (Å²) in [4.78, 5) is 10.4. The molecule has 2 atom stereocenters. The van der Waals surface area contributed by atoms with Gasteiger partial charge in [0, 0.05) is 14.5 Å². The Morgan fingerprint density at radius 3 is 1.68 bits per heavy atom. The molecule has 0 saturated carbocycles. The van der Waals surface area contributed by atoms with E-state index in [0.29, 0.717) is 6.42 Å². The normalized spacial score (nSPS) is 10.3. The Morgan fingerprint density at radius 2 is 1.63 bits per heavy atom. The van der Waals surface area contributed by atoms with E-state index in [1.165, 1.54) is 7.11 Å². The number of ether oxygens (including phenoxy) is 1. The Bertz CT molecular complexity index is 161. The van der Waals surface area contributed by atoms with Crippen molar-refractivity contribution >= 4 is 14.4 Å². The molecule has 0 bridgehead atoms. The molecule has 0 rings (SSSR count). The van der Waals surface area contributed by atoms with Crippen LogP contribution < -0.4 is 75.7 Å². The topological polar surface area (TPSA) is 122 Å². The molecule has 3 radical (unpaired) electrons. The Morgan fingerprint density at radius 1 is 1.26 bits per heavy atom. The van der Waals surface area contributed by atoms with Crippen LogP contribution in [0.2, 0.25) is 0 Å². The first-order valence-electron chi connectivity index (χ1n) is 5.14. The van der Waals surface area contributed by atoms with E-state index in [9.17, 15) is 4.79 Å². The second-order valence-corrected chi connectivity index (χ2v) is 2.89. The number of esters is 1. The maximum Gasteiger partial charge on any atom is 1.00 e. The van der Waals surface area contributed by atoms with Gasteiger partial charge in [-0.3, -0.25) is 4.79 Å². The third-order valence-corrected chi connectivity index (χ3v) is 1.70. The fraction of sp³-hybridized carbons (Fsp3) is 0.900. The van der Waals surface area contributed by atoms with Crippen molar-refractivity contribution in [1.29, 1.82) is 0 Å². The van der Waals surface area contributed by atoms with Crippen molar-refractivity contribution in [2.45, 2.75) is 38.8 Å². The van der Waals surface area contributed by atoms with Gasteiger partial charge in [-0.15, -0.1) is 0 Å². The minimum Gasteiger partial charge on any atom is -1.00 e. The Hall–Kier alpha value is 1.37. The van der Waals surface area contributed by atoms with Crippen LogP contribution in [0, 0.1) is 0 Å². The van der Waals surface area contributed by atoms with E-state index in [1.807, 2.05) is 13.8 Å². The number of hydrogen-bond acceptors (Lipinski definition) is 6. The van der Waals surface area contributed by atoms with Crippen molar-refractivity contribution in [2.75, 3.05) is 20.8 Å². The van der Waals surface area contributed by atoms with Crippen LogP contribution in [0.25, 0.3) is 0 Å². The molecule has 0 spiro atoms. The molecule has 0 aromatic heterocycles. The maximum atomic E-state index is 10.4. The summed E-state index contributed by atoms with van der Waals surface area (Å²) in [6, 6.07) is -0.454. The maximum absolute atomic E-state index is 10.4. The number of nitrogens with two attached hydrogens (primary N) is 2. The van der Waals surface area contributed by atoms with Crippen molar-refractivity contribution in [3.05, 3.63) is 0 Å². The number of methoxy groups -OCH3 is 1. The molecule has 105 valence electrons. The molecule has 5 N–H and O–H groups in total. The van der Waals surface area contributed by atoms with Crippen molar-refractivity contribution in [1.82, 2.24) is 0 Å². The molecule has 0 aliphatic rings. The monoisotopic (exact) mass is 295 g/mol. The third-order valence-electron chi connectivity index (χ3n) is 1.70. The quantitative estimate of drug-likeness (QED) is 0.350. The summed E-state index contributed by atoms with van der Waals surface area (Å²) in [5.74, 6) is -0.340. The molecule has 9 heteroatoms. The molecular weight excluding hydrogens is 269 g/mol. The van der Waals surface area contributed by atoms with Gasteiger partial charge >= 0.3 is 65.1 Å². The minimum absolute atomic E-state index is 0. The van der Waals surface area contributed by atoms with E-state index in [2.05, 4.69) is 4.74 Å². The average Bonchev–Trinajstić information content (AvgIpc) is 2.38. The van der Waals surface area contributed by atoms with Crippen molar-refractivity contribution in [2.24, 2.45) is 11.5 Å². The van der Waals surface area contributed by atoms with Crippen LogP contribution in [-0.4, -0.2) is 52.4 Å². The summed E-state index contributed by atoms with van der Waals surface area (Å²) in [6.07, 6.45) is 1.49. The molecule has 19 heavy (non-hydrogen) atoms. The van der Waals surface area contributed by atoms with Gasteiger partial charge in [0.15, 0.2) is 0 Å². The summed E-state index contributed by atoms with van der Waals surface area (Å²) >= 11 is 0. The first-order valence-corrected chi connectivity index (χ1v) is 5.14. The van der Waals surface area contributed by atoms with Crippen LogP contribution in [0.5, 0.6) is 0 Å². The van der Waals surface area contributed by atoms with Crippen LogP contribution in [0.1, 0.15) is 28.1 Å². The van der Waals surface area contributed by atoms with E-state index in [-0.39, 0.29) is 87.6 Å². The molecule has 0 aliphatic heterocycles. The summed E-state index contributed by atoms with van der Waals surface area (Å²) in [5, 5.41) is 16.5. The molecule has 0 fully saturated rings. The molecular formula is C10H26BN2Na2O4. The molecule has 0 heterocycles. The molecule has 0 aromatic carbocycles. The van der Waals surface area contributed by atoms with E-state index in [4.69, 9.17) is 21.7 Å². The standard InChI is InChI=1S/C5H11NO2.C4H11NO.CH3O.B.2Na.H/c1-3-4(6)5(7)8-2;1-2-4(5)3-6;1-2;;;;/h4H,3,6H2,1-2H3;4,6H,2-3,5H2,1H3;1H3;;;;/q;;-1;;2*+1;-1. The molecule has 0 aliphatic carbocycles. The first kappa shape index (κ1) is 37.0. The van der Waals surface area contributed by atoms with E-state index in [0.717, 1.165) is 13.5 Å². The summed E-state index contributed by atoms with van der Waals surface area (Å²) < 4.78 is 4.34. The van der Waals surface area contributed by atoms with E-state index < -0.39 is 6.04 Å². The SMILES string of the molecule is CCC(N)C(=O)OC.CCC(N)CO.C[O-].[B].[H-].[Na+].[Na+]. The van der Waals surface area contributed by atoms with E-state index >= 15 is 0 Å². The van der Waals surface area contributed by atoms with Crippen LogP contribution >= 0.6 is 0 Å². The average molecular weight is 295 g/mol. The van der Waals surface area contributed by atoms with E-state index in [1.54, 1.807) is 0 Å². The number of rotatable bonds is 4. The zero-order chi connectivity index (χ0) is 13.6. The number of aliphatic hydroxyl groups is 1. The zero-order valence-corrected chi connectivity index (χ0v) is 17.2. The van der Waals surface area contributed by atoms with Crippen molar-refractivity contribution in [3.8, 4) is 0 Å². The summed E-state index contributed by atoms with van der Waals surface area (Å²) in [7, 11) is 2.08. The Labute approximate surface area is 164 Å². The van der Waals surface area contributed by atoms with Crippen LogP contribution in [-0.2, 0) is 9.53 Å². The van der Waals surface area contributed by atoms with Gasteiger partial charge in [-0.1, -0.05) is 13.8 Å². The molecule has 0 aromatic rings. The molecule has 0 saturated heterocycles. The fourth-order valence-corrected chi connectivity index (χ4v) is 0.447. The second-order valence-electron chi connectivity index (χ2n) is 2.89. The summed E-state index contributed by atoms with van der Waals surface area (Å²) in [5.41, 5.74) is 10.5. The van der Waals surface area contributed by atoms with Gasteiger partial charge in [0.05, 0.1) is 13.7 Å². The van der Waals surface area contributed by atoms with Gasteiger partial charge in [-0.25, -0.2) is 0 Å². The van der Waals surface area contributed by atoms with Gasteiger partial charge in [0.1, 0.15) is 6.04 Å². The predicted octanol–water partition coefficient (Wildman–Crippen LogP) is -7.67. The number of carbonyl (C=O) groups excluding carboxylic acids is 1. The van der Waals surface area contributed by atoms with Gasteiger partial charge in [-0.2, -0.15) is 7.11 Å².